The second-order valence-corrected chi connectivity index (χ2v) is 4.15. The van der Waals surface area contributed by atoms with Crippen LogP contribution in [-0.2, 0) is 20.8 Å². The van der Waals surface area contributed by atoms with Crippen LogP contribution in [0, 0.1) is 0 Å². The minimum atomic E-state index is -0.970. The lowest BCUT2D eigenvalue weighted by Gasteiger charge is -2.21. The molecule has 2 amide bonds. The molecule has 2 N–H and O–H groups in total. The maximum atomic E-state index is 11.7. The number of aromatic nitrogens is 1. The Morgan fingerprint density at radius 2 is 2.28 bits per heavy atom. The molecule has 1 aromatic heterocycles. The van der Waals surface area contributed by atoms with Gasteiger partial charge in [-0.3, -0.25) is 24.7 Å². The zero-order valence-corrected chi connectivity index (χ0v) is 9.55. The summed E-state index contributed by atoms with van der Waals surface area (Å²) < 4.78 is 0. The average molecular weight is 248 g/mol. The van der Waals surface area contributed by atoms with Gasteiger partial charge in [0.05, 0.1) is 18.0 Å². The molecule has 94 valence electrons. The van der Waals surface area contributed by atoms with Crippen molar-refractivity contribution in [3.63, 3.8) is 0 Å². The second-order valence-electron chi connectivity index (χ2n) is 4.15. The van der Waals surface area contributed by atoms with Crippen LogP contribution in [0.1, 0.15) is 30.0 Å². The van der Waals surface area contributed by atoms with Gasteiger partial charge in [0.25, 0.3) is 0 Å². The topological polar surface area (TPSA) is 96.4 Å². The molecule has 18 heavy (non-hydrogen) atoms. The molecule has 1 saturated heterocycles. The van der Waals surface area contributed by atoms with E-state index in [1.54, 1.807) is 12.1 Å². The quantitative estimate of drug-likeness (QED) is 0.746. The first-order valence-electron chi connectivity index (χ1n) is 5.56. The maximum Gasteiger partial charge on any atom is 0.309 e. The Morgan fingerprint density at radius 1 is 1.50 bits per heavy atom. The number of nitrogens with one attached hydrogen (secondary N) is 1. The van der Waals surface area contributed by atoms with Gasteiger partial charge in [-0.25, -0.2) is 0 Å². The summed E-state index contributed by atoms with van der Waals surface area (Å²) in [6.07, 6.45) is 2.05. The molecule has 1 aliphatic rings. The van der Waals surface area contributed by atoms with Crippen LogP contribution in [0.15, 0.2) is 18.3 Å². The number of pyridine rings is 1. The van der Waals surface area contributed by atoms with Crippen LogP contribution in [0.25, 0.3) is 0 Å². The summed E-state index contributed by atoms with van der Waals surface area (Å²) in [5.41, 5.74) is 1.11. The second kappa shape index (κ2) is 4.95. The largest absolute Gasteiger partial charge is 0.481 e. The van der Waals surface area contributed by atoms with Crippen molar-refractivity contribution in [2.75, 3.05) is 0 Å². The third kappa shape index (κ3) is 2.71. The highest BCUT2D eigenvalue weighted by molar-refractivity contribution is 6.00. The van der Waals surface area contributed by atoms with Crippen LogP contribution >= 0.6 is 0 Å². The van der Waals surface area contributed by atoms with Crippen molar-refractivity contribution in [2.45, 2.75) is 25.2 Å². The number of hydrogen-bond acceptors (Lipinski definition) is 4. The van der Waals surface area contributed by atoms with Crippen molar-refractivity contribution in [1.29, 1.82) is 0 Å². The van der Waals surface area contributed by atoms with Gasteiger partial charge in [-0.05, 0) is 24.1 Å². The van der Waals surface area contributed by atoms with Gasteiger partial charge < -0.3 is 5.11 Å². The molecule has 0 aromatic carbocycles. The number of hydrogen-bond donors (Lipinski definition) is 2. The molecule has 6 heteroatoms. The lowest BCUT2D eigenvalue weighted by Crippen LogP contribution is -2.39. The zero-order valence-electron chi connectivity index (χ0n) is 9.55. The van der Waals surface area contributed by atoms with E-state index in [4.69, 9.17) is 5.11 Å². The number of carboxylic acids is 1. The molecule has 1 fully saturated rings. The summed E-state index contributed by atoms with van der Waals surface area (Å²) in [6.45, 7) is 0. The van der Waals surface area contributed by atoms with Gasteiger partial charge in [0.15, 0.2) is 0 Å². The molecule has 0 spiro atoms. The van der Waals surface area contributed by atoms with Crippen molar-refractivity contribution in [1.82, 2.24) is 10.3 Å². The fraction of sp³-hybridized carbons (Fsp3) is 0.333. The monoisotopic (exact) mass is 248 g/mol. The molecular weight excluding hydrogens is 236 g/mol. The number of rotatable bonds is 3. The van der Waals surface area contributed by atoms with E-state index in [2.05, 4.69) is 10.3 Å². The van der Waals surface area contributed by atoms with E-state index in [1.807, 2.05) is 0 Å². The van der Waals surface area contributed by atoms with Gasteiger partial charge in [-0.15, -0.1) is 0 Å². The molecule has 1 aliphatic heterocycles. The molecule has 0 saturated carbocycles. The van der Waals surface area contributed by atoms with E-state index in [0.29, 0.717) is 24.1 Å². The van der Waals surface area contributed by atoms with Gasteiger partial charge in [0.2, 0.25) is 11.8 Å². The number of carboxylic acid groups (broad SMARTS) is 1. The molecule has 6 nitrogen and oxygen atoms in total. The summed E-state index contributed by atoms with van der Waals surface area (Å²) in [6, 6.07) is 3.28. The molecule has 1 atom stereocenters. The van der Waals surface area contributed by atoms with Crippen molar-refractivity contribution < 1.29 is 19.5 Å². The number of aliphatic carboxylic acids is 1. The van der Waals surface area contributed by atoms with Crippen LogP contribution < -0.4 is 5.32 Å². The summed E-state index contributed by atoms with van der Waals surface area (Å²) in [7, 11) is 0. The molecule has 2 heterocycles. The maximum absolute atomic E-state index is 11.7. The predicted octanol–water partition coefficient (Wildman–Crippen LogP) is 0.229. The van der Waals surface area contributed by atoms with E-state index in [1.165, 1.54) is 6.20 Å². The summed E-state index contributed by atoms with van der Waals surface area (Å²) in [5.74, 6) is -1.98. The van der Waals surface area contributed by atoms with Crippen molar-refractivity contribution in [2.24, 2.45) is 0 Å². The van der Waals surface area contributed by atoms with Gasteiger partial charge in [0, 0.05) is 12.6 Å². The van der Waals surface area contributed by atoms with Crippen LogP contribution in [0.5, 0.6) is 0 Å². The molecular formula is C12H12N2O4. The smallest absolute Gasteiger partial charge is 0.309 e. The highest BCUT2D eigenvalue weighted by Gasteiger charge is 2.28. The first kappa shape index (κ1) is 12.2. The third-order valence-electron chi connectivity index (χ3n) is 2.81. The minimum Gasteiger partial charge on any atom is -0.481 e. The lowest BCUT2D eigenvalue weighted by atomic mass is 9.90. The van der Waals surface area contributed by atoms with E-state index in [0.717, 1.165) is 0 Å². The number of amides is 2. The molecule has 1 aromatic rings. The average Bonchev–Trinajstić information content (AvgIpc) is 2.28. The lowest BCUT2D eigenvalue weighted by molar-refractivity contribution is -0.136. The fourth-order valence-corrected chi connectivity index (χ4v) is 1.98. The van der Waals surface area contributed by atoms with Crippen molar-refractivity contribution in [3.05, 3.63) is 29.6 Å². The molecule has 0 radical (unpaired) electrons. The van der Waals surface area contributed by atoms with Crippen molar-refractivity contribution in [3.8, 4) is 0 Å². The van der Waals surface area contributed by atoms with Crippen LogP contribution in [0.4, 0.5) is 0 Å². The Kier molecular flexibility index (Phi) is 3.36. The first-order chi connectivity index (χ1) is 8.56. The first-order valence-corrected chi connectivity index (χ1v) is 5.56. The SMILES string of the molecule is O=C(O)Cc1cc(C2CCC(=O)NC2=O)ccn1. The normalized spacial score (nSPS) is 19.4. The van der Waals surface area contributed by atoms with Gasteiger partial charge in [-0.1, -0.05) is 0 Å². The fourth-order valence-electron chi connectivity index (χ4n) is 1.98. The molecule has 0 bridgehead atoms. The van der Waals surface area contributed by atoms with Gasteiger partial charge >= 0.3 is 5.97 Å². The number of piperidine rings is 1. The summed E-state index contributed by atoms with van der Waals surface area (Å²) >= 11 is 0. The highest BCUT2D eigenvalue weighted by Crippen LogP contribution is 2.24. The van der Waals surface area contributed by atoms with Gasteiger partial charge in [0.1, 0.15) is 0 Å². The summed E-state index contributed by atoms with van der Waals surface area (Å²) in [5, 5.41) is 11.0. The Bertz CT molecular complexity index is 513. The van der Waals surface area contributed by atoms with Crippen LogP contribution in [-0.4, -0.2) is 27.9 Å². The Hall–Kier alpha value is -2.24. The Balaban J connectivity index is 2.20. The third-order valence-corrected chi connectivity index (χ3v) is 2.81. The van der Waals surface area contributed by atoms with Crippen LogP contribution in [0.3, 0.4) is 0 Å². The standard InChI is InChI=1S/C12H12N2O4/c15-10-2-1-9(12(18)14-10)7-3-4-13-8(5-7)6-11(16)17/h3-5,9H,1-2,6H2,(H,16,17)(H,14,15,18). The minimum absolute atomic E-state index is 0.179. The van der Waals surface area contributed by atoms with E-state index in [-0.39, 0.29) is 18.2 Å². The number of imide groups is 1. The van der Waals surface area contributed by atoms with E-state index >= 15 is 0 Å². The van der Waals surface area contributed by atoms with Gasteiger partial charge in [-0.2, -0.15) is 0 Å². The number of nitrogens with zero attached hydrogens (tertiary/aromatic N) is 1. The number of carbonyl (C=O) groups is 3. The summed E-state index contributed by atoms with van der Waals surface area (Å²) in [4.78, 5) is 37.2. The molecule has 0 aliphatic carbocycles. The highest BCUT2D eigenvalue weighted by atomic mass is 16.4. The molecule has 1 unspecified atom stereocenters. The molecule has 2 rings (SSSR count). The van der Waals surface area contributed by atoms with E-state index < -0.39 is 11.9 Å². The Morgan fingerprint density at radius 3 is 2.94 bits per heavy atom. The van der Waals surface area contributed by atoms with Crippen LogP contribution in [0.2, 0.25) is 0 Å². The van der Waals surface area contributed by atoms with E-state index in [9.17, 15) is 14.4 Å². The number of carbonyl (C=O) groups excluding carboxylic acids is 2. The zero-order chi connectivity index (χ0) is 13.1. The predicted molar refractivity (Wildman–Crippen MR) is 60.7 cm³/mol. The van der Waals surface area contributed by atoms with Crippen molar-refractivity contribution >= 4 is 17.8 Å². The Labute approximate surface area is 103 Å².